The summed E-state index contributed by atoms with van der Waals surface area (Å²) in [4.78, 5) is 17.4. The lowest BCUT2D eigenvalue weighted by molar-refractivity contribution is -0.132. The molecule has 0 fully saturated rings. The van der Waals surface area contributed by atoms with Crippen LogP contribution in [0, 0.1) is 0 Å². The van der Waals surface area contributed by atoms with E-state index in [1.165, 1.54) is 12.4 Å². The first-order valence-corrected chi connectivity index (χ1v) is 11.7. The first-order chi connectivity index (χ1) is 14.5. The molecule has 2 aromatic rings. The van der Waals surface area contributed by atoms with Gasteiger partial charge in [0, 0.05) is 19.1 Å². The Hall–Kier alpha value is -2.75. The van der Waals surface area contributed by atoms with Crippen LogP contribution >= 0.6 is 0 Å². The Kier molecular flexibility index (Phi) is 6.49. The number of hydrogen-bond donors (Lipinski definition) is 3. The summed E-state index contributed by atoms with van der Waals surface area (Å²) in [6.45, 7) is 2.98. The lowest BCUT2D eigenvalue weighted by Gasteiger charge is -2.26. The Morgan fingerprint density at radius 3 is 2.16 bits per heavy atom. The number of hydrogen-bond acceptors (Lipinski definition) is 7. The predicted molar refractivity (Wildman–Crippen MR) is 116 cm³/mol. The number of aliphatic hydroxyl groups excluding tert-OH is 1. The predicted octanol–water partition coefficient (Wildman–Crippen LogP) is 2.60. The zero-order chi connectivity index (χ0) is 22.8. The van der Waals surface area contributed by atoms with Crippen LogP contribution in [0.4, 0.5) is 0 Å². The van der Waals surface area contributed by atoms with Crippen molar-refractivity contribution in [2.45, 2.75) is 43.6 Å². The van der Waals surface area contributed by atoms with Crippen molar-refractivity contribution in [3.05, 3.63) is 59.7 Å². The van der Waals surface area contributed by atoms with E-state index in [9.17, 15) is 18.3 Å². The van der Waals surface area contributed by atoms with Crippen molar-refractivity contribution in [1.82, 2.24) is 5.48 Å². The first kappa shape index (κ1) is 22.9. The topological polar surface area (TPSA) is 125 Å². The summed E-state index contributed by atoms with van der Waals surface area (Å²) >= 11 is 0. The molecule has 0 bridgehead atoms. The number of aliphatic hydroxyl groups is 1. The fraction of sp³-hybridized carbons (Fsp3) is 0.364. The maximum atomic E-state index is 12.1. The Labute approximate surface area is 181 Å². The maximum absolute atomic E-state index is 12.1. The van der Waals surface area contributed by atoms with Gasteiger partial charge in [-0.1, -0.05) is 53.7 Å². The number of hydroxylamine groups is 1. The van der Waals surface area contributed by atoms with Gasteiger partial charge in [-0.25, -0.2) is 13.9 Å². The van der Waals surface area contributed by atoms with Gasteiger partial charge in [0.2, 0.25) is 0 Å². The first-order valence-electron chi connectivity index (χ1n) is 9.81. The van der Waals surface area contributed by atoms with Gasteiger partial charge in [0.15, 0.2) is 14.6 Å². The highest BCUT2D eigenvalue weighted by molar-refractivity contribution is 7.92. The SMILES string of the molecule is C[C@@H](O)c1ccc(-c2ccc(C3=NO[C@@H](CC(C)(C(=O)NO)S(C)(=O)=O)C3)cc2)cc1. The van der Waals surface area contributed by atoms with E-state index >= 15 is 0 Å². The van der Waals surface area contributed by atoms with Crippen molar-refractivity contribution < 1.29 is 28.4 Å². The molecule has 3 N–H and O–H groups in total. The summed E-state index contributed by atoms with van der Waals surface area (Å²) in [6.07, 6.45) is 0.0221. The second-order valence-electron chi connectivity index (χ2n) is 7.99. The minimum atomic E-state index is -3.81. The Morgan fingerprint density at radius 2 is 1.68 bits per heavy atom. The van der Waals surface area contributed by atoms with Gasteiger partial charge >= 0.3 is 0 Å². The smallest absolute Gasteiger partial charge is 0.264 e. The highest BCUT2D eigenvalue weighted by Crippen LogP contribution is 2.30. The van der Waals surface area contributed by atoms with Gasteiger partial charge in [0.1, 0.15) is 6.10 Å². The number of amides is 1. The Balaban J connectivity index is 1.70. The summed E-state index contributed by atoms with van der Waals surface area (Å²) < 4.78 is 22.5. The fourth-order valence-electron chi connectivity index (χ4n) is 3.48. The second-order valence-corrected chi connectivity index (χ2v) is 10.4. The van der Waals surface area contributed by atoms with E-state index in [0.29, 0.717) is 12.1 Å². The molecule has 9 heteroatoms. The molecule has 0 saturated carbocycles. The minimum Gasteiger partial charge on any atom is -0.392 e. The van der Waals surface area contributed by atoms with Crippen molar-refractivity contribution >= 4 is 21.5 Å². The van der Waals surface area contributed by atoms with E-state index in [4.69, 9.17) is 10.0 Å². The highest BCUT2D eigenvalue weighted by Gasteiger charge is 2.47. The summed E-state index contributed by atoms with van der Waals surface area (Å²) in [5, 5.41) is 22.7. The van der Waals surface area contributed by atoms with Crippen molar-refractivity contribution in [2.75, 3.05) is 6.26 Å². The monoisotopic (exact) mass is 446 g/mol. The van der Waals surface area contributed by atoms with Gasteiger partial charge in [-0.05, 0) is 36.1 Å². The molecule has 0 spiro atoms. The Bertz CT molecular complexity index is 1080. The van der Waals surface area contributed by atoms with Crippen LogP contribution in [0.15, 0.2) is 53.7 Å². The van der Waals surface area contributed by atoms with Gasteiger partial charge in [-0.15, -0.1) is 0 Å². The van der Waals surface area contributed by atoms with E-state index < -0.39 is 32.7 Å². The van der Waals surface area contributed by atoms with Crippen LogP contribution in [0.25, 0.3) is 11.1 Å². The molecular formula is C22H26N2O6S. The summed E-state index contributed by atoms with van der Waals surface area (Å²) in [6, 6.07) is 15.4. The van der Waals surface area contributed by atoms with Crippen LogP contribution < -0.4 is 5.48 Å². The number of carbonyl (C=O) groups excluding carboxylic acids is 1. The summed E-state index contributed by atoms with van der Waals surface area (Å²) in [5.41, 5.74) is 5.78. The third-order valence-corrected chi connectivity index (χ3v) is 7.68. The van der Waals surface area contributed by atoms with Gasteiger partial charge < -0.3 is 9.94 Å². The van der Waals surface area contributed by atoms with Crippen LogP contribution in [0.2, 0.25) is 0 Å². The van der Waals surface area contributed by atoms with Gasteiger partial charge in [0.05, 0.1) is 11.8 Å². The van der Waals surface area contributed by atoms with Crippen LogP contribution in [0.3, 0.4) is 0 Å². The standard InChI is InChI=1S/C22H26N2O6S/c1-14(25)15-4-6-16(7-5-15)17-8-10-18(11-9-17)20-12-19(30-24-20)13-22(2,21(26)23-27)31(3,28)29/h4-11,14,19,25,27H,12-13H2,1-3H3,(H,23,26)/t14-,19-,22?/m1/s1. The summed E-state index contributed by atoms with van der Waals surface area (Å²) in [7, 11) is -3.81. The molecule has 3 atom stereocenters. The van der Waals surface area contributed by atoms with E-state index in [2.05, 4.69) is 5.16 Å². The zero-order valence-corrected chi connectivity index (χ0v) is 18.4. The molecular weight excluding hydrogens is 420 g/mol. The quantitative estimate of drug-likeness (QED) is 0.443. The molecule has 0 saturated heterocycles. The average Bonchev–Trinajstić information content (AvgIpc) is 3.20. The van der Waals surface area contributed by atoms with Crippen molar-refractivity contribution in [3.63, 3.8) is 0 Å². The van der Waals surface area contributed by atoms with Crippen molar-refractivity contribution in [1.29, 1.82) is 0 Å². The third-order valence-electron chi connectivity index (χ3n) is 5.69. The van der Waals surface area contributed by atoms with Crippen LogP contribution in [-0.2, 0) is 19.5 Å². The number of carbonyl (C=O) groups is 1. The number of nitrogens with one attached hydrogen (secondary N) is 1. The largest absolute Gasteiger partial charge is 0.392 e. The van der Waals surface area contributed by atoms with Gasteiger partial charge in [0.25, 0.3) is 5.91 Å². The summed E-state index contributed by atoms with van der Waals surface area (Å²) in [5.74, 6) is -1.00. The minimum absolute atomic E-state index is 0.140. The number of rotatable bonds is 7. The third kappa shape index (κ3) is 4.79. The number of sulfone groups is 1. The van der Waals surface area contributed by atoms with Crippen LogP contribution in [0.1, 0.15) is 43.9 Å². The van der Waals surface area contributed by atoms with Crippen LogP contribution in [0.5, 0.6) is 0 Å². The highest BCUT2D eigenvalue weighted by atomic mass is 32.2. The molecule has 0 aliphatic carbocycles. The molecule has 3 rings (SSSR count). The molecule has 0 radical (unpaired) electrons. The lowest BCUT2D eigenvalue weighted by atomic mass is 9.95. The van der Waals surface area contributed by atoms with E-state index in [1.807, 2.05) is 48.5 Å². The molecule has 1 heterocycles. The van der Waals surface area contributed by atoms with E-state index in [0.717, 1.165) is 28.5 Å². The molecule has 31 heavy (non-hydrogen) atoms. The zero-order valence-electron chi connectivity index (χ0n) is 17.6. The van der Waals surface area contributed by atoms with Crippen LogP contribution in [-0.4, -0.2) is 47.5 Å². The van der Waals surface area contributed by atoms with Gasteiger partial charge in [-0.2, -0.15) is 0 Å². The molecule has 1 unspecified atom stereocenters. The molecule has 8 nitrogen and oxygen atoms in total. The molecule has 1 aliphatic heterocycles. The molecule has 2 aromatic carbocycles. The molecule has 0 aromatic heterocycles. The number of nitrogens with zero attached hydrogens (tertiary/aromatic N) is 1. The Morgan fingerprint density at radius 1 is 1.16 bits per heavy atom. The molecule has 1 amide bonds. The van der Waals surface area contributed by atoms with Crippen molar-refractivity contribution in [2.24, 2.45) is 5.16 Å². The fourth-order valence-corrected chi connectivity index (χ4v) is 4.35. The number of benzene rings is 2. The average molecular weight is 447 g/mol. The number of oxime groups is 1. The molecule has 166 valence electrons. The normalized spacial score (nSPS) is 19.1. The molecule has 1 aliphatic rings. The maximum Gasteiger partial charge on any atom is 0.264 e. The lowest BCUT2D eigenvalue weighted by Crippen LogP contribution is -2.51. The van der Waals surface area contributed by atoms with Crippen molar-refractivity contribution in [3.8, 4) is 11.1 Å². The second kappa shape index (κ2) is 8.78. The van der Waals surface area contributed by atoms with E-state index in [-0.39, 0.29) is 6.42 Å². The van der Waals surface area contributed by atoms with E-state index in [1.54, 1.807) is 6.92 Å². The van der Waals surface area contributed by atoms with Gasteiger partial charge in [-0.3, -0.25) is 10.0 Å².